The van der Waals surface area contributed by atoms with Crippen molar-refractivity contribution in [2.24, 2.45) is 0 Å². The molecule has 0 aliphatic carbocycles. The number of benzene rings is 1. The predicted molar refractivity (Wildman–Crippen MR) is 123 cm³/mol. The van der Waals surface area contributed by atoms with Crippen LogP contribution in [0.5, 0.6) is 11.5 Å². The molecule has 0 fully saturated rings. The minimum Gasteiger partial charge on any atom is -0.503 e. The molecule has 33 heavy (non-hydrogen) atoms. The summed E-state index contributed by atoms with van der Waals surface area (Å²) in [4.78, 5) is 31.4. The largest absolute Gasteiger partial charge is 0.503 e. The highest BCUT2D eigenvalue weighted by Gasteiger charge is 2.44. The third kappa shape index (κ3) is 4.49. The normalized spacial score (nSPS) is 15.9. The molecule has 1 aliphatic rings. The highest BCUT2D eigenvalue weighted by molar-refractivity contribution is 7.12. The number of carbonyl (C=O) groups excluding carboxylic acids is 2. The predicted octanol–water partition coefficient (Wildman–Crippen LogP) is 3.44. The number of rotatable bonds is 10. The Hall–Kier alpha value is -3.59. The Morgan fingerprint density at radius 2 is 2.15 bits per heavy atom. The highest BCUT2D eigenvalue weighted by Crippen LogP contribution is 2.42. The fourth-order valence-electron chi connectivity index (χ4n) is 4.02. The average Bonchev–Trinajstić information content (AvgIpc) is 3.58. The van der Waals surface area contributed by atoms with Crippen molar-refractivity contribution in [2.75, 3.05) is 20.3 Å². The molecule has 0 saturated heterocycles. The molecule has 0 spiro atoms. The van der Waals surface area contributed by atoms with Gasteiger partial charge < -0.3 is 19.5 Å². The molecule has 1 aliphatic heterocycles. The molecule has 9 heteroatoms. The number of hydrogen-bond acceptors (Lipinski definition) is 6. The van der Waals surface area contributed by atoms with Crippen molar-refractivity contribution in [3.63, 3.8) is 0 Å². The number of imidazole rings is 1. The first kappa shape index (κ1) is 22.6. The molecule has 3 heterocycles. The number of aryl methyl sites for hydroxylation is 1. The molecule has 2 N–H and O–H groups in total. The van der Waals surface area contributed by atoms with Crippen molar-refractivity contribution in [1.29, 1.82) is 0 Å². The summed E-state index contributed by atoms with van der Waals surface area (Å²) in [5.74, 6) is -0.328. The molecule has 1 unspecified atom stereocenters. The molecule has 8 nitrogen and oxygen atoms in total. The Balaban J connectivity index is 1.70. The third-order valence-corrected chi connectivity index (χ3v) is 6.38. The van der Waals surface area contributed by atoms with Gasteiger partial charge in [-0.25, -0.2) is 4.57 Å². The fourth-order valence-corrected chi connectivity index (χ4v) is 4.69. The molecule has 1 amide bonds. The van der Waals surface area contributed by atoms with E-state index in [1.54, 1.807) is 47.7 Å². The number of nitrogens with zero attached hydrogens (tertiary/aromatic N) is 2. The fraction of sp³-hybridized carbons (Fsp3) is 0.292. The van der Waals surface area contributed by atoms with E-state index in [0.29, 0.717) is 48.1 Å². The second-order valence-electron chi connectivity index (χ2n) is 7.52. The minimum absolute atomic E-state index is 0.0861. The molecule has 2 aromatic heterocycles. The summed E-state index contributed by atoms with van der Waals surface area (Å²) >= 11 is 1.28. The molecule has 3 aromatic rings. The number of H-pyrrole nitrogens is 1. The van der Waals surface area contributed by atoms with Crippen molar-refractivity contribution in [3.05, 3.63) is 76.2 Å². The zero-order valence-electron chi connectivity index (χ0n) is 18.5. The van der Waals surface area contributed by atoms with Gasteiger partial charge in [-0.2, -0.15) is 0 Å². The lowest BCUT2D eigenvalue weighted by Crippen LogP contribution is -2.36. The molecule has 1 aromatic carbocycles. The van der Waals surface area contributed by atoms with Crippen LogP contribution in [0.15, 0.2) is 65.8 Å². The van der Waals surface area contributed by atoms with Gasteiger partial charge in [0.15, 0.2) is 17.3 Å². The van der Waals surface area contributed by atoms with Gasteiger partial charge in [0, 0.05) is 13.0 Å². The number of methoxy groups -OCH3 is 1. The number of aliphatic hydroxyl groups excluding tert-OH is 1. The Bertz CT molecular complexity index is 1150. The van der Waals surface area contributed by atoms with Crippen molar-refractivity contribution in [1.82, 2.24) is 9.88 Å². The first-order valence-corrected chi connectivity index (χ1v) is 11.6. The second kappa shape index (κ2) is 9.91. The Morgan fingerprint density at radius 1 is 1.30 bits per heavy atom. The van der Waals surface area contributed by atoms with E-state index < -0.39 is 17.7 Å². The Labute approximate surface area is 195 Å². The van der Waals surface area contributed by atoms with Gasteiger partial charge in [-0.1, -0.05) is 12.1 Å². The number of Topliss-reactive ketones (excluding diaryl/α,β-unsaturated/α-hetero) is 1. The van der Waals surface area contributed by atoms with Crippen LogP contribution in [-0.2, 0) is 11.3 Å². The van der Waals surface area contributed by atoms with Gasteiger partial charge in [0.25, 0.3) is 5.91 Å². The molecular weight excluding hydrogens is 442 g/mol. The van der Waals surface area contributed by atoms with E-state index in [-0.39, 0.29) is 11.4 Å². The van der Waals surface area contributed by atoms with Crippen molar-refractivity contribution >= 4 is 23.0 Å². The SMILES string of the molecule is CCOc1ccc(C2C(C(=O)c3cccs3)=C(O)C(=O)N2CCC[n+]2cc[nH]c2)cc1OC. The number of aromatic nitrogens is 2. The number of thiophene rings is 1. The lowest BCUT2D eigenvalue weighted by Gasteiger charge is -2.27. The van der Waals surface area contributed by atoms with E-state index in [1.165, 1.54) is 11.3 Å². The first-order valence-electron chi connectivity index (χ1n) is 10.7. The van der Waals surface area contributed by atoms with Gasteiger partial charge in [0.1, 0.15) is 12.4 Å². The highest BCUT2D eigenvalue weighted by atomic mass is 32.1. The number of amides is 1. The summed E-state index contributed by atoms with van der Waals surface area (Å²) in [5.41, 5.74) is 0.755. The van der Waals surface area contributed by atoms with E-state index in [0.717, 1.165) is 0 Å². The maximum absolute atomic E-state index is 13.3. The summed E-state index contributed by atoms with van der Waals surface area (Å²) in [6, 6.07) is 8.06. The number of ether oxygens (including phenoxy) is 2. The van der Waals surface area contributed by atoms with Crippen molar-refractivity contribution in [3.8, 4) is 11.5 Å². The summed E-state index contributed by atoms with van der Waals surface area (Å²) < 4.78 is 13.1. The second-order valence-corrected chi connectivity index (χ2v) is 8.46. The monoisotopic (exact) mass is 468 g/mol. The summed E-state index contributed by atoms with van der Waals surface area (Å²) in [6.45, 7) is 3.40. The number of aliphatic hydroxyl groups is 1. The van der Waals surface area contributed by atoms with Crippen LogP contribution in [0.1, 0.15) is 34.6 Å². The zero-order valence-corrected chi connectivity index (χ0v) is 19.3. The van der Waals surface area contributed by atoms with Crippen LogP contribution in [0, 0.1) is 0 Å². The van der Waals surface area contributed by atoms with Gasteiger partial charge in [-0.3, -0.25) is 14.6 Å². The smallest absolute Gasteiger partial charge is 0.290 e. The maximum Gasteiger partial charge on any atom is 0.290 e. The number of hydrogen-bond donors (Lipinski definition) is 2. The Morgan fingerprint density at radius 3 is 2.82 bits per heavy atom. The molecule has 0 radical (unpaired) electrons. The van der Waals surface area contributed by atoms with E-state index in [2.05, 4.69) is 4.98 Å². The van der Waals surface area contributed by atoms with Gasteiger partial charge >= 0.3 is 0 Å². The third-order valence-electron chi connectivity index (χ3n) is 5.51. The van der Waals surface area contributed by atoms with E-state index >= 15 is 0 Å². The van der Waals surface area contributed by atoms with Crippen LogP contribution in [0.3, 0.4) is 0 Å². The van der Waals surface area contributed by atoms with Crippen molar-refractivity contribution in [2.45, 2.75) is 25.9 Å². The van der Waals surface area contributed by atoms with Crippen molar-refractivity contribution < 1.29 is 28.7 Å². The molecule has 1 atom stereocenters. The lowest BCUT2D eigenvalue weighted by atomic mass is 9.95. The summed E-state index contributed by atoms with van der Waals surface area (Å²) in [6.07, 6.45) is 6.21. The minimum atomic E-state index is -0.729. The average molecular weight is 469 g/mol. The lowest BCUT2D eigenvalue weighted by molar-refractivity contribution is -0.695. The van der Waals surface area contributed by atoms with E-state index in [4.69, 9.17) is 9.47 Å². The zero-order chi connectivity index (χ0) is 23.4. The van der Waals surface area contributed by atoms with E-state index in [9.17, 15) is 14.7 Å². The molecule has 0 saturated carbocycles. The van der Waals surface area contributed by atoms with Gasteiger partial charge in [-0.05, 0) is 36.1 Å². The maximum atomic E-state index is 13.3. The van der Waals surface area contributed by atoms with Crippen LogP contribution in [0.4, 0.5) is 0 Å². The molecule has 0 bridgehead atoms. The van der Waals surface area contributed by atoms with Crippen LogP contribution in [-0.4, -0.2) is 46.9 Å². The molecule has 172 valence electrons. The number of ketones is 1. The molecule has 4 rings (SSSR count). The standard InChI is InChI=1S/C24H25N3O5S/c1-3-32-17-8-7-16(14-18(17)31-2)21-20(22(28)19-6-4-13-33-19)23(29)24(30)27(21)11-5-10-26-12-9-25-15-26/h4,6-9,12-15,21H,3,5,10-11H2,1-2H3,(H,28,29)/p+1. The number of aromatic amines is 1. The number of nitrogens with one attached hydrogen (secondary N) is 1. The quantitative estimate of drug-likeness (QED) is 0.351. The number of carbonyl (C=O) groups is 2. The van der Waals surface area contributed by atoms with Crippen LogP contribution in [0.2, 0.25) is 0 Å². The first-order chi connectivity index (χ1) is 16.0. The van der Waals surface area contributed by atoms with E-state index in [1.807, 2.05) is 30.2 Å². The topological polar surface area (TPSA) is 95.7 Å². The summed E-state index contributed by atoms with van der Waals surface area (Å²) in [5, 5.41) is 12.6. The van der Waals surface area contributed by atoms with Crippen LogP contribution >= 0.6 is 11.3 Å². The van der Waals surface area contributed by atoms with Crippen LogP contribution in [0.25, 0.3) is 0 Å². The van der Waals surface area contributed by atoms with Gasteiger partial charge in [0.2, 0.25) is 12.1 Å². The van der Waals surface area contributed by atoms with Gasteiger partial charge in [0.05, 0.1) is 36.8 Å². The Kier molecular flexibility index (Phi) is 6.79. The van der Waals surface area contributed by atoms with Crippen LogP contribution < -0.4 is 14.0 Å². The van der Waals surface area contributed by atoms with Gasteiger partial charge in [-0.15, -0.1) is 11.3 Å². The summed E-state index contributed by atoms with van der Waals surface area (Å²) in [7, 11) is 1.54. The molecular formula is C24H26N3O5S+.